The van der Waals surface area contributed by atoms with E-state index >= 15 is 0 Å². The minimum atomic E-state index is 0.000765. The second-order valence-electron chi connectivity index (χ2n) is 7.82. The third kappa shape index (κ3) is 4.06. The lowest BCUT2D eigenvalue weighted by Gasteiger charge is -2.21. The number of thiophene rings is 1. The third-order valence-electron chi connectivity index (χ3n) is 5.65. The molecule has 0 radical (unpaired) electrons. The van der Waals surface area contributed by atoms with Crippen LogP contribution in [0.3, 0.4) is 0 Å². The van der Waals surface area contributed by atoms with Gasteiger partial charge in [0.1, 0.15) is 10.6 Å². The highest BCUT2D eigenvalue weighted by Crippen LogP contribution is 2.34. The van der Waals surface area contributed by atoms with Gasteiger partial charge in [-0.3, -0.25) is 9.36 Å². The molecule has 0 unspecified atom stereocenters. The van der Waals surface area contributed by atoms with E-state index in [1.807, 2.05) is 48.5 Å². The molecule has 0 saturated heterocycles. The number of likely N-dealkylation sites (N-methyl/N-ethyl adjacent to an activating group) is 1. The van der Waals surface area contributed by atoms with Gasteiger partial charge in [0.25, 0.3) is 5.56 Å². The average Bonchev–Trinajstić information content (AvgIpc) is 3.16. The van der Waals surface area contributed by atoms with E-state index in [4.69, 9.17) is 21.3 Å². The maximum absolute atomic E-state index is 13.8. The highest BCUT2D eigenvalue weighted by molar-refractivity contribution is 7.98. The van der Waals surface area contributed by atoms with Gasteiger partial charge in [0.15, 0.2) is 5.16 Å². The van der Waals surface area contributed by atoms with Crippen molar-refractivity contribution in [2.45, 2.75) is 23.9 Å². The second kappa shape index (κ2) is 8.90. The summed E-state index contributed by atoms with van der Waals surface area (Å²) < 4.78 is 7.04. The Balaban J connectivity index is 1.64. The number of rotatable bonds is 5. The van der Waals surface area contributed by atoms with Crippen LogP contribution in [0.5, 0.6) is 5.75 Å². The van der Waals surface area contributed by atoms with Crippen LogP contribution in [0.25, 0.3) is 15.9 Å². The zero-order chi connectivity index (χ0) is 22.2. The van der Waals surface area contributed by atoms with E-state index in [9.17, 15) is 4.79 Å². The number of hydrogen-bond donors (Lipinski definition) is 0. The van der Waals surface area contributed by atoms with Crippen molar-refractivity contribution in [3.05, 3.63) is 79.9 Å². The molecule has 2 aromatic carbocycles. The van der Waals surface area contributed by atoms with Crippen molar-refractivity contribution in [3.63, 3.8) is 0 Å². The van der Waals surface area contributed by atoms with Crippen LogP contribution in [0.15, 0.2) is 58.5 Å². The van der Waals surface area contributed by atoms with E-state index in [0.29, 0.717) is 15.9 Å². The molecule has 0 N–H and O–H groups in total. The van der Waals surface area contributed by atoms with Gasteiger partial charge in [0, 0.05) is 28.7 Å². The predicted octanol–water partition coefficient (Wildman–Crippen LogP) is 5.39. The number of methoxy groups -OCH3 is 1. The maximum atomic E-state index is 13.8. The smallest absolute Gasteiger partial charge is 0.267 e. The van der Waals surface area contributed by atoms with Gasteiger partial charge in [-0.05, 0) is 61.0 Å². The predicted molar refractivity (Wildman–Crippen MR) is 133 cm³/mol. The normalized spacial score (nSPS) is 14.0. The molecule has 8 heteroatoms. The summed E-state index contributed by atoms with van der Waals surface area (Å²) in [5, 5.41) is 2.17. The lowest BCUT2D eigenvalue weighted by molar-refractivity contribution is 0.318. The average molecular weight is 484 g/mol. The van der Waals surface area contributed by atoms with Crippen molar-refractivity contribution in [1.29, 1.82) is 0 Å². The number of ether oxygens (including phenoxy) is 1. The first-order valence-corrected chi connectivity index (χ1v) is 12.5. The number of nitrogens with zero attached hydrogens (tertiary/aromatic N) is 3. The number of halogens is 1. The first-order valence-electron chi connectivity index (χ1n) is 10.3. The molecule has 0 atom stereocenters. The first kappa shape index (κ1) is 21.5. The zero-order valence-electron chi connectivity index (χ0n) is 17.8. The van der Waals surface area contributed by atoms with E-state index in [2.05, 4.69) is 11.9 Å². The Hall–Kier alpha value is -2.32. The standard InChI is InChI=1S/C24H22ClN3O2S2/c1-27-12-11-19-20(13-27)32-22-21(19)23(29)28(17-7-9-18(30-2)10-8-17)24(26-22)31-14-15-3-5-16(25)6-4-15/h3-10H,11-14H2,1-2H3. The van der Waals surface area contributed by atoms with E-state index in [1.165, 1.54) is 4.88 Å². The molecule has 0 spiro atoms. The molecule has 0 saturated carbocycles. The van der Waals surface area contributed by atoms with Crippen molar-refractivity contribution in [2.75, 3.05) is 20.7 Å². The number of hydrogen-bond acceptors (Lipinski definition) is 6. The monoisotopic (exact) mass is 483 g/mol. The summed E-state index contributed by atoms with van der Waals surface area (Å²) in [6.45, 7) is 1.82. The van der Waals surface area contributed by atoms with E-state index < -0.39 is 0 Å². The molecular formula is C24H22ClN3O2S2. The number of benzene rings is 2. The highest BCUT2D eigenvalue weighted by atomic mass is 35.5. The van der Waals surface area contributed by atoms with Crippen LogP contribution < -0.4 is 10.3 Å². The molecule has 0 aliphatic carbocycles. The lowest BCUT2D eigenvalue weighted by atomic mass is 10.1. The number of aromatic nitrogens is 2. The van der Waals surface area contributed by atoms with E-state index in [0.717, 1.165) is 52.3 Å². The molecule has 0 bridgehead atoms. The fraction of sp³-hybridized carbons (Fsp3) is 0.250. The highest BCUT2D eigenvalue weighted by Gasteiger charge is 2.24. The van der Waals surface area contributed by atoms with Crippen LogP contribution in [-0.2, 0) is 18.7 Å². The SMILES string of the molecule is COc1ccc(-n2c(SCc3ccc(Cl)cc3)nc3sc4c(c3c2=O)CCN(C)C4)cc1. The van der Waals surface area contributed by atoms with Gasteiger partial charge in [-0.15, -0.1) is 11.3 Å². The Morgan fingerprint density at radius 1 is 1.16 bits per heavy atom. The summed E-state index contributed by atoms with van der Waals surface area (Å²) >= 11 is 9.24. The van der Waals surface area contributed by atoms with Crippen molar-refractivity contribution >= 4 is 44.9 Å². The number of fused-ring (bicyclic) bond motifs is 3. The third-order valence-corrected chi connectivity index (χ3v) is 8.02. The zero-order valence-corrected chi connectivity index (χ0v) is 20.2. The Morgan fingerprint density at radius 2 is 1.91 bits per heavy atom. The van der Waals surface area contributed by atoms with Crippen LogP contribution >= 0.6 is 34.7 Å². The summed E-state index contributed by atoms with van der Waals surface area (Å²) in [6.07, 6.45) is 0.878. The Morgan fingerprint density at radius 3 is 2.62 bits per heavy atom. The van der Waals surface area contributed by atoms with Crippen LogP contribution in [-0.4, -0.2) is 35.2 Å². The minimum Gasteiger partial charge on any atom is -0.497 e. The van der Waals surface area contributed by atoms with Crippen LogP contribution in [0.2, 0.25) is 5.02 Å². The Kier molecular flexibility index (Phi) is 5.99. The molecule has 0 amide bonds. The molecular weight excluding hydrogens is 462 g/mol. The van der Waals surface area contributed by atoms with E-state index in [1.54, 1.807) is 34.8 Å². The van der Waals surface area contributed by atoms with Crippen LogP contribution in [0, 0.1) is 0 Å². The van der Waals surface area contributed by atoms with Gasteiger partial charge in [-0.2, -0.15) is 0 Å². The molecule has 1 aliphatic rings. The Bertz CT molecular complexity index is 1330. The maximum Gasteiger partial charge on any atom is 0.267 e. The summed E-state index contributed by atoms with van der Waals surface area (Å²) in [5.41, 5.74) is 3.08. The molecule has 3 heterocycles. The summed E-state index contributed by atoms with van der Waals surface area (Å²) in [4.78, 5) is 23.2. The molecule has 164 valence electrons. The van der Waals surface area contributed by atoms with Crippen molar-refractivity contribution < 1.29 is 4.74 Å². The quantitative estimate of drug-likeness (QED) is 0.281. The van der Waals surface area contributed by atoms with Gasteiger partial charge in [-0.25, -0.2) is 4.98 Å². The topological polar surface area (TPSA) is 47.4 Å². The fourth-order valence-electron chi connectivity index (χ4n) is 3.94. The van der Waals surface area contributed by atoms with Crippen LogP contribution in [0.4, 0.5) is 0 Å². The van der Waals surface area contributed by atoms with Gasteiger partial charge >= 0.3 is 0 Å². The molecule has 2 aromatic heterocycles. The van der Waals surface area contributed by atoms with Gasteiger partial charge in [-0.1, -0.05) is 35.5 Å². The van der Waals surface area contributed by atoms with Crippen molar-refractivity contribution in [1.82, 2.24) is 14.5 Å². The minimum absolute atomic E-state index is 0.000765. The van der Waals surface area contributed by atoms with Crippen molar-refractivity contribution in [3.8, 4) is 11.4 Å². The molecule has 5 rings (SSSR count). The van der Waals surface area contributed by atoms with Gasteiger partial charge < -0.3 is 9.64 Å². The summed E-state index contributed by atoms with van der Waals surface area (Å²) in [7, 11) is 3.75. The number of thioether (sulfide) groups is 1. The first-order chi connectivity index (χ1) is 15.5. The largest absolute Gasteiger partial charge is 0.497 e. The molecule has 4 aromatic rings. The summed E-state index contributed by atoms with van der Waals surface area (Å²) in [5.74, 6) is 1.45. The molecule has 5 nitrogen and oxygen atoms in total. The van der Waals surface area contributed by atoms with Gasteiger partial charge in [0.05, 0.1) is 18.2 Å². The fourth-order valence-corrected chi connectivity index (χ4v) is 6.37. The molecule has 1 aliphatic heterocycles. The lowest BCUT2D eigenvalue weighted by Crippen LogP contribution is -2.27. The molecule has 32 heavy (non-hydrogen) atoms. The van der Waals surface area contributed by atoms with Crippen molar-refractivity contribution in [2.24, 2.45) is 0 Å². The van der Waals surface area contributed by atoms with Gasteiger partial charge in [0.2, 0.25) is 0 Å². The summed E-state index contributed by atoms with van der Waals surface area (Å²) in [6, 6.07) is 15.3. The van der Waals surface area contributed by atoms with E-state index in [-0.39, 0.29) is 5.56 Å². The van der Waals surface area contributed by atoms with Crippen LogP contribution in [0.1, 0.15) is 16.0 Å². The second-order valence-corrected chi connectivity index (χ2v) is 10.3. The molecule has 0 fully saturated rings. The Labute approximate surface area is 199 Å².